The smallest absolute Gasteiger partial charge is 0.251 e. The molecule has 0 saturated carbocycles. The molecule has 0 atom stereocenters. The molecule has 1 amide bonds. The summed E-state index contributed by atoms with van der Waals surface area (Å²) in [5, 5.41) is 2.83. The Morgan fingerprint density at radius 2 is 2.00 bits per heavy atom. The first-order valence-electron chi connectivity index (χ1n) is 4.28. The first-order chi connectivity index (χ1) is 6.24. The highest BCUT2D eigenvalue weighted by atomic mass is 125. The van der Waals surface area contributed by atoms with Gasteiger partial charge in [0, 0.05) is 15.7 Å². The van der Waals surface area contributed by atoms with E-state index in [-0.39, 0.29) is 5.91 Å². The zero-order chi connectivity index (χ0) is 9.68. The van der Waals surface area contributed by atoms with E-state index in [0.29, 0.717) is 0 Å². The fourth-order valence-electron chi connectivity index (χ4n) is 0.942. The number of amides is 1. The van der Waals surface area contributed by atoms with E-state index in [1.807, 2.05) is 31.2 Å². The minimum atomic E-state index is 0.0123. The van der Waals surface area contributed by atoms with Gasteiger partial charge >= 0.3 is 0 Å². The number of nitrogens with one attached hydrogen (secondary N) is 1. The summed E-state index contributed by atoms with van der Waals surface area (Å²) < 4.78 is 1.14. The van der Waals surface area contributed by atoms with Gasteiger partial charge in [0.2, 0.25) is 0 Å². The lowest BCUT2D eigenvalue weighted by Gasteiger charge is -2.02. The molecule has 0 unspecified atom stereocenters. The number of hydrogen-bond donors (Lipinski definition) is 1. The monoisotopic (exact) mass is 287 g/mol. The summed E-state index contributed by atoms with van der Waals surface area (Å²) >= 11 is 2.22. The molecule has 0 bridgehead atoms. The third-order valence-corrected chi connectivity index (χ3v) is 2.36. The highest BCUT2D eigenvalue weighted by Gasteiger charge is 2.02. The van der Waals surface area contributed by atoms with Crippen LogP contribution in [0.1, 0.15) is 23.7 Å². The summed E-state index contributed by atoms with van der Waals surface area (Å²) in [6.45, 7) is 2.78. The molecule has 3 heteroatoms. The van der Waals surface area contributed by atoms with E-state index >= 15 is 0 Å². The van der Waals surface area contributed by atoms with Crippen LogP contribution in [-0.2, 0) is 0 Å². The van der Waals surface area contributed by atoms with Crippen LogP contribution in [-0.4, -0.2) is 12.5 Å². The van der Waals surface area contributed by atoms with Gasteiger partial charge in [0.05, 0.1) is 0 Å². The van der Waals surface area contributed by atoms with Gasteiger partial charge in [0.1, 0.15) is 0 Å². The van der Waals surface area contributed by atoms with Crippen LogP contribution in [0.2, 0.25) is 0 Å². The highest BCUT2D eigenvalue weighted by Crippen LogP contribution is 2.06. The second kappa shape index (κ2) is 5.21. The Labute approximate surface area is 91.9 Å². The number of halogens is 1. The van der Waals surface area contributed by atoms with Gasteiger partial charge in [0.15, 0.2) is 0 Å². The van der Waals surface area contributed by atoms with Gasteiger partial charge < -0.3 is 5.32 Å². The average Bonchev–Trinajstić information content (AvgIpc) is 2.15. The summed E-state index contributed by atoms with van der Waals surface area (Å²) in [7, 11) is 0. The van der Waals surface area contributed by atoms with Crippen molar-refractivity contribution < 1.29 is 4.79 Å². The molecule has 0 fully saturated rings. The Balaban J connectivity index is 2.61. The molecule has 1 rings (SSSR count). The van der Waals surface area contributed by atoms with E-state index < -0.39 is 0 Å². The summed E-state index contributed by atoms with van der Waals surface area (Å²) in [5.74, 6) is 0.0123. The zero-order valence-electron chi connectivity index (χ0n) is 7.51. The van der Waals surface area contributed by atoms with Crippen molar-refractivity contribution in [2.45, 2.75) is 13.3 Å². The van der Waals surface area contributed by atoms with Crippen molar-refractivity contribution in [3.05, 3.63) is 33.4 Å². The van der Waals surface area contributed by atoms with Crippen molar-refractivity contribution in [1.29, 1.82) is 0 Å². The van der Waals surface area contributed by atoms with Gasteiger partial charge in [-0.05, 0) is 53.3 Å². The number of carbonyl (C=O) groups excluding carboxylic acids is 1. The summed E-state index contributed by atoms with van der Waals surface area (Å²) in [5.41, 5.74) is 0.730. The maximum atomic E-state index is 11.4. The number of hydrogen-bond acceptors (Lipinski definition) is 1. The largest absolute Gasteiger partial charge is 0.352 e. The Morgan fingerprint density at radius 1 is 1.38 bits per heavy atom. The van der Waals surface area contributed by atoms with Gasteiger partial charge in [-0.3, -0.25) is 4.79 Å². The Bertz CT molecular complexity index is 281. The van der Waals surface area contributed by atoms with Crippen LogP contribution in [0.4, 0.5) is 0 Å². The number of rotatable bonds is 3. The van der Waals surface area contributed by atoms with Crippen LogP contribution in [0.3, 0.4) is 0 Å². The minimum absolute atomic E-state index is 0.0123. The SMILES string of the molecule is CCCNC(=O)c1ccc([125I])cc1. The molecule has 1 N–H and O–H groups in total. The number of carbonyl (C=O) groups is 1. The van der Waals surface area contributed by atoms with E-state index in [9.17, 15) is 4.79 Å². The van der Waals surface area contributed by atoms with Crippen molar-refractivity contribution in [3.8, 4) is 0 Å². The second-order valence-corrected chi connectivity index (χ2v) is 4.01. The molecule has 1 aromatic rings. The highest BCUT2D eigenvalue weighted by molar-refractivity contribution is 14.1. The van der Waals surface area contributed by atoms with Crippen molar-refractivity contribution in [2.24, 2.45) is 0 Å². The summed E-state index contributed by atoms with van der Waals surface area (Å²) in [4.78, 5) is 11.4. The van der Waals surface area contributed by atoms with Crippen LogP contribution in [0, 0.1) is 3.57 Å². The van der Waals surface area contributed by atoms with Crippen LogP contribution in [0.5, 0.6) is 0 Å². The third-order valence-electron chi connectivity index (χ3n) is 1.64. The maximum Gasteiger partial charge on any atom is 0.251 e. The van der Waals surface area contributed by atoms with Crippen molar-refractivity contribution in [1.82, 2.24) is 5.32 Å². The van der Waals surface area contributed by atoms with E-state index in [1.165, 1.54) is 0 Å². The molecule has 2 nitrogen and oxygen atoms in total. The molecule has 0 heterocycles. The summed E-state index contributed by atoms with van der Waals surface area (Å²) in [6, 6.07) is 7.54. The van der Waals surface area contributed by atoms with Crippen molar-refractivity contribution in [2.75, 3.05) is 6.54 Å². The molecular formula is C10H12INO. The fourth-order valence-corrected chi connectivity index (χ4v) is 1.30. The second-order valence-electron chi connectivity index (χ2n) is 2.76. The van der Waals surface area contributed by atoms with Gasteiger partial charge in [-0.15, -0.1) is 0 Å². The lowest BCUT2D eigenvalue weighted by Crippen LogP contribution is -2.23. The molecule has 70 valence electrons. The standard InChI is InChI=1S/C10H12INO/c1-2-7-12-10(13)8-3-5-9(11)6-4-8/h3-6H,2,7H2,1H3,(H,12,13)/i11-2. The molecule has 0 aliphatic carbocycles. The Kier molecular flexibility index (Phi) is 4.21. The van der Waals surface area contributed by atoms with E-state index in [2.05, 4.69) is 27.9 Å². The first kappa shape index (κ1) is 10.5. The molecular weight excluding hydrogens is 275 g/mol. The van der Waals surface area contributed by atoms with E-state index in [1.54, 1.807) is 0 Å². The maximum absolute atomic E-state index is 11.4. The Morgan fingerprint density at radius 3 is 2.54 bits per heavy atom. The van der Waals surface area contributed by atoms with E-state index in [4.69, 9.17) is 0 Å². The zero-order valence-corrected chi connectivity index (χ0v) is 9.67. The molecule has 13 heavy (non-hydrogen) atoms. The lowest BCUT2D eigenvalue weighted by molar-refractivity contribution is 0.0953. The minimum Gasteiger partial charge on any atom is -0.352 e. The van der Waals surface area contributed by atoms with Crippen LogP contribution in [0.25, 0.3) is 0 Å². The quantitative estimate of drug-likeness (QED) is 0.850. The van der Waals surface area contributed by atoms with E-state index in [0.717, 1.165) is 22.1 Å². The topological polar surface area (TPSA) is 29.1 Å². The number of benzene rings is 1. The van der Waals surface area contributed by atoms with Crippen molar-refractivity contribution in [3.63, 3.8) is 0 Å². The van der Waals surface area contributed by atoms with Crippen LogP contribution >= 0.6 is 22.6 Å². The molecule has 0 aliphatic rings. The predicted molar refractivity (Wildman–Crippen MR) is 61.8 cm³/mol. The van der Waals surface area contributed by atoms with Gasteiger partial charge in [-0.2, -0.15) is 0 Å². The molecule has 0 aliphatic heterocycles. The molecule has 0 spiro atoms. The molecule has 0 aromatic heterocycles. The first-order valence-corrected chi connectivity index (χ1v) is 5.35. The van der Waals surface area contributed by atoms with Crippen LogP contribution in [0.15, 0.2) is 24.3 Å². The van der Waals surface area contributed by atoms with Gasteiger partial charge in [0.25, 0.3) is 5.91 Å². The van der Waals surface area contributed by atoms with Crippen LogP contribution < -0.4 is 5.32 Å². The molecule has 1 aromatic carbocycles. The van der Waals surface area contributed by atoms with Gasteiger partial charge in [-0.25, -0.2) is 0 Å². The molecule has 0 radical (unpaired) electrons. The summed E-state index contributed by atoms with van der Waals surface area (Å²) in [6.07, 6.45) is 0.968. The normalized spacial score (nSPS) is 9.69. The average molecular weight is 287 g/mol. The molecule has 0 saturated heterocycles. The fraction of sp³-hybridized carbons (Fsp3) is 0.300. The Hall–Kier alpha value is -0.580. The lowest BCUT2D eigenvalue weighted by atomic mass is 10.2. The predicted octanol–water partition coefficient (Wildman–Crippen LogP) is 2.43. The third kappa shape index (κ3) is 3.34. The van der Waals surface area contributed by atoms with Crippen molar-refractivity contribution >= 4 is 28.5 Å². The van der Waals surface area contributed by atoms with Gasteiger partial charge in [-0.1, -0.05) is 6.92 Å².